The van der Waals surface area contributed by atoms with E-state index in [4.69, 9.17) is 5.73 Å². The molecule has 2 N–H and O–H groups in total. The smallest absolute Gasteiger partial charge is 0.0202 e. The van der Waals surface area contributed by atoms with Crippen LogP contribution < -0.4 is 5.73 Å². The van der Waals surface area contributed by atoms with E-state index in [0.29, 0.717) is 0 Å². The highest BCUT2D eigenvalue weighted by atomic mass is 15.1. The van der Waals surface area contributed by atoms with Gasteiger partial charge in [0, 0.05) is 25.7 Å². The van der Waals surface area contributed by atoms with Gasteiger partial charge in [-0.1, -0.05) is 18.2 Å². The van der Waals surface area contributed by atoms with Gasteiger partial charge < -0.3 is 5.73 Å². The Bertz CT molecular complexity index is 144. The van der Waals surface area contributed by atoms with Crippen LogP contribution in [0.15, 0.2) is 24.8 Å². The zero-order chi connectivity index (χ0) is 8.10. The summed E-state index contributed by atoms with van der Waals surface area (Å²) >= 11 is 0. The first-order valence-corrected chi connectivity index (χ1v) is 4.06. The van der Waals surface area contributed by atoms with Crippen LogP contribution in [0.1, 0.15) is 6.42 Å². The fourth-order valence-electron chi connectivity index (χ4n) is 1.29. The van der Waals surface area contributed by atoms with E-state index in [0.717, 1.165) is 26.1 Å². The molecular formula is C9H16N2. The molecule has 1 unspecified atom stereocenters. The molecule has 1 rings (SSSR count). The molecule has 2 nitrogen and oxygen atoms in total. The zero-order valence-corrected chi connectivity index (χ0v) is 6.87. The molecule has 1 aliphatic rings. The summed E-state index contributed by atoms with van der Waals surface area (Å²) in [5.74, 6) is 0. The maximum absolute atomic E-state index is 5.82. The molecule has 1 heterocycles. The Hall–Kier alpha value is -0.600. The van der Waals surface area contributed by atoms with Crippen molar-refractivity contribution >= 4 is 0 Å². The molecule has 0 spiro atoms. The zero-order valence-electron chi connectivity index (χ0n) is 6.87. The lowest BCUT2D eigenvalue weighted by Gasteiger charge is -2.18. The first kappa shape index (κ1) is 8.50. The largest absolute Gasteiger partial charge is 0.326 e. The summed E-state index contributed by atoms with van der Waals surface area (Å²) in [6.45, 7) is 6.77. The maximum Gasteiger partial charge on any atom is 0.0202 e. The SMILES string of the molecule is C=CCC(N)CN1CC=CC1. The number of hydrogen-bond donors (Lipinski definition) is 1. The Morgan fingerprint density at radius 3 is 2.73 bits per heavy atom. The van der Waals surface area contributed by atoms with E-state index in [-0.39, 0.29) is 6.04 Å². The monoisotopic (exact) mass is 152 g/mol. The fraction of sp³-hybridized carbons (Fsp3) is 0.556. The highest BCUT2D eigenvalue weighted by Crippen LogP contribution is 2.00. The predicted molar refractivity (Wildman–Crippen MR) is 48.4 cm³/mol. The van der Waals surface area contributed by atoms with Crippen molar-refractivity contribution in [2.45, 2.75) is 12.5 Å². The third kappa shape index (κ3) is 2.87. The van der Waals surface area contributed by atoms with Crippen molar-refractivity contribution < 1.29 is 0 Å². The van der Waals surface area contributed by atoms with Gasteiger partial charge in [0.1, 0.15) is 0 Å². The number of nitrogens with zero attached hydrogens (tertiary/aromatic N) is 1. The van der Waals surface area contributed by atoms with Crippen molar-refractivity contribution in [3.05, 3.63) is 24.8 Å². The Morgan fingerprint density at radius 1 is 1.55 bits per heavy atom. The van der Waals surface area contributed by atoms with Gasteiger partial charge in [-0.05, 0) is 6.42 Å². The topological polar surface area (TPSA) is 29.3 Å². The summed E-state index contributed by atoms with van der Waals surface area (Å²) in [6, 6.07) is 0.257. The Labute approximate surface area is 68.4 Å². The molecule has 0 saturated carbocycles. The summed E-state index contributed by atoms with van der Waals surface area (Å²) in [7, 11) is 0. The molecule has 0 aromatic heterocycles. The average molecular weight is 152 g/mol. The average Bonchev–Trinajstić information content (AvgIpc) is 2.40. The minimum absolute atomic E-state index is 0.257. The minimum Gasteiger partial charge on any atom is -0.326 e. The van der Waals surface area contributed by atoms with E-state index in [1.54, 1.807) is 0 Å². The van der Waals surface area contributed by atoms with E-state index in [9.17, 15) is 0 Å². The van der Waals surface area contributed by atoms with Crippen molar-refractivity contribution in [1.82, 2.24) is 4.90 Å². The second-order valence-electron chi connectivity index (χ2n) is 2.97. The van der Waals surface area contributed by atoms with Crippen molar-refractivity contribution in [3.8, 4) is 0 Å². The first-order valence-electron chi connectivity index (χ1n) is 4.06. The molecule has 0 bridgehead atoms. The van der Waals surface area contributed by atoms with Crippen LogP contribution in [0.2, 0.25) is 0 Å². The molecule has 1 aliphatic heterocycles. The van der Waals surface area contributed by atoms with Gasteiger partial charge in [-0.2, -0.15) is 0 Å². The number of rotatable bonds is 4. The molecule has 0 aromatic rings. The van der Waals surface area contributed by atoms with Gasteiger partial charge in [-0.25, -0.2) is 0 Å². The lowest BCUT2D eigenvalue weighted by molar-refractivity contribution is 0.326. The predicted octanol–water partition coefficient (Wildman–Crippen LogP) is 0.762. The van der Waals surface area contributed by atoms with Crippen molar-refractivity contribution in [2.75, 3.05) is 19.6 Å². The number of hydrogen-bond acceptors (Lipinski definition) is 2. The molecule has 62 valence electrons. The Balaban J connectivity index is 2.14. The van der Waals surface area contributed by atoms with Crippen LogP contribution in [0.4, 0.5) is 0 Å². The van der Waals surface area contributed by atoms with Gasteiger partial charge >= 0.3 is 0 Å². The normalized spacial score (nSPS) is 20.5. The van der Waals surface area contributed by atoms with Gasteiger partial charge in [-0.15, -0.1) is 6.58 Å². The second kappa shape index (κ2) is 4.31. The van der Waals surface area contributed by atoms with Crippen LogP contribution >= 0.6 is 0 Å². The third-order valence-corrected chi connectivity index (χ3v) is 1.86. The van der Waals surface area contributed by atoms with Crippen molar-refractivity contribution in [1.29, 1.82) is 0 Å². The van der Waals surface area contributed by atoms with Crippen LogP contribution in [0.3, 0.4) is 0 Å². The van der Waals surface area contributed by atoms with Crippen LogP contribution in [0, 0.1) is 0 Å². The van der Waals surface area contributed by atoms with Gasteiger partial charge in [-0.3, -0.25) is 4.90 Å². The second-order valence-corrected chi connectivity index (χ2v) is 2.97. The van der Waals surface area contributed by atoms with Gasteiger partial charge in [0.15, 0.2) is 0 Å². The Kier molecular flexibility index (Phi) is 3.33. The molecule has 0 radical (unpaired) electrons. The van der Waals surface area contributed by atoms with Crippen LogP contribution in [0.25, 0.3) is 0 Å². The van der Waals surface area contributed by atoms with E-state index >= 15 is 0 Å². The highest BCUT2D eigenvalue weighted by Gasteiger charge is 2.09. The van der Waals surface area contributed by atoms with Crippen LogP contribution in [0.5, 0.6) is 0 Å². The summed E-state index contributed by atoms with van der Waals surface area (Å²) in [5.41, 5.74) is 5.82. The molecule has 0 aliphatic carbocycles. The minimum atomic E-state index is 0.257. The van der Waals surface area contributed by atoms with Gasteiger partial charge in [0.05, 0.1) is 0 Å². The standard InChI is InChI=1S/C9H16N2/c1-2-5-9(10)8-11-6-3-4-7-11/h2-4,9H,1,5-8,10H2. The summed E-state index contributed by atoms with van der Waals surface area (Å²) in [5, 5.41) is 0. The molecule has 11 heavy (non-hydrogen) atoms. The summed E-state index contributed by atoms with van der Waals surface area (Å²) < 4.78 is 0. The summed E-state index contributed by atoms with van der Waals surface area (Å²) in [4.78, 5) is 2.33. The van der Waals surface area contributed by atoms with E-state index in [1.807, 2.05) is 6.08 Å². The molecule has 0 amide bonds. The lowest BCUT2D eigenvalue weighted by Crippen LogP contribution is -2.35. The molecular weight excluding hydrogens is 136 g/mol. The van der Waals surface area contributed by atoms with E-state index in [1.165, 1.54) is 0 Å². The molecule has 0 fully saturated rings. The van der Waals surface area contributed by atoms with E-state index in [2.05, 4.69) is 23.6 Å². The lowest BCUT2D eigenvalue weighted by atomic mass is 10.2. The molecule has 1 atom stereocenters. The van der Waals surface area contributed by atoms with Crippen LogP contribution in [-0.4, -0.2) is 30.6 Å². The van der Waals surface area contributed by atoms with Crippen LogP contribution in [-0.2, 0) is 0 Å². The quantitative estimate of drug-likeness (QED) is 0.603. The van der Waals surface area contributed by atoms with E-state index < -0.39 is 0 Å². The first-order chi connectivity index (χ1) is 5.33. The Morgan fingerprint density at radius 2 is 2.18 bits per heavy atom. The van der Waals surface area contributed by atoms with Crippen molar-refractivity contribution in [2.24, 2.45) is 5.73 Å². The number of nitrogens with two attached hydrogens (primary N) is 1. The molecule has 0 aromatic carbocycles. The summed E-state index contributed by atoms with van der Waals surface area (Å²) in [6.07, 6.45) is 7.16. The van der Waals surface area contributed by atoms with Crippen molar-refractivity contribution in [3.63, 3.8) is 0 Å². The van der Waals surface area contributed by atoms with Gasteiger partial charge in [0.25, 0.3) is 0 Å². The van der Waals surface area contributed by atoms with Gasteiger partial charge in [0.2, 0.25) is 0 Å². The fourth-order valence-corrected chi connectivity index (χ4v) is 1.29. The highest BCUT2D eigenvalue weighted by molar-refractivity contribution is 4.96. The third-order valence-electron chi connectivity index (χ3n) is 1.86. The maximum atomic E-state index is 5.82. The molecule has 2 heteroatoms. The molecule has 0 saturated heterocycles.